The van der Waals surface area contributed by atoms with E-state index in [1.54, 1.807) is 20.4 Å². The predicted molar refractivity (Wildman–Crippen MR) is 154 cm³/mol. The van der Waals surface area contributed by atoms with E-state index in [1.165, 1.54) is 5.57 Å². The number of fused-ring (bicyclic) bond motifs is 1. The minimum atomic E-state index is -0.272. The van der Waals surface area contributed by atoms with Crippen LogP contribution in [0.3, 0.4) is 0 Å². The van der Waals surface area contributed by atoms with Crippen LogP contribution in [0.4, 0.5) is 5.69 Å². The van der Waals surface area contributed by atoms with E-state index in [0.29, 0.717) is 35.2 Å². The summed E-state index contributed by atoms with van der Waals surface area (Å²) in [6, 6.07) is 12.6. The third kappa shape index (κ3) is 7.13. The number of hydrogen-bond donors (Lipinski definition) is 1. The van der Waals surface area contributed by atoms with E-state index in [0.717, 1.165) is 17.3 Å². The highest BCUT2D eigenvalue weighted by Gasteiger charge is 2.27. The molecule has 0 saturated carbocycles. The summed E-state index contributed by atoms with van der Waals surface area (Å²) in [6.45, 7) is 8.97. The van der Waals surface area contributed by atoms with Gasteiger partial charge in [0.2, 0.25) is 5.91 Å². The van der Waals surface area contributed by atoms with Gasteiger partial charge >= 0.3 is 0 Å². The van der Waals surface area contributed by atoms with Gasteiger partial charge < -0.3 is 19.5 Å². The number of aromatic nitrogens is 1. The molecule has 7 heteroatoms. The number of likely N-dealkylation sites (N-methyl/N-ethyl adjacent to an activating group) is 1. The molecule has 0 saturated heterocycles. The SMILES string of the molecule is C/C=C\C(=C/CC)CN(C)C(C(=O)Nc1ccc(Oc2ccnc3cc(OC)c(OC)cc23)cc1)C(C)C. The summed E-state index contributed by atoms with van der Waals surface area (Å²) in [7, 11) is 5.19. The summed E-state index contributed by atoms with van der Waals surface area (Å²) in [6.07, 6.45) is 8.98. The second-order valence-electron chi connectivity index (χ2n) is 9.44. The quantitative estimate of drug-likeness (QED) is 0.265. The molecule has 0 aliphatic carbocycles. The Morgan fingerprint density at radius 2 is 1.74 bits per heavy atom. The van der Waals surface area contributed by atoms with Gasteiger partial charge in [-0.15, -0.1) is 0 Å². The third-order valence-corrected chi connectivity index (χ3v) is 6.21. The lowest BCUT2D eigenvalue weighted by Gasteiger charge is -2.30. The third-order valence-electron chi connectivity index (χ3n) is 6.21. The van der Waals surface area contributed by atoms with Crippen molar-refractivity contribution < 1.29 is 19.0 Å². The van der Waals surface area contributed by atoms with Crippen LogP contribution < -0.4 is 19.5 Å². The number of carbonyl (C=O) groups excluding carboxylic acids is 1. The second-order valence-corrected chi connectivity index (χ2v) is 9.44. The van der Waals surface area contributed by atoms with Gasteiger partial charge in [0.15, 0.2) is 11.5 Å². The van der Waals surface area contributed by atoms with Gasteiger partial charge in [-0.2, -0.15) is 0 Å². The molecule has 38 heavy (non-hydrogen) atoms. The average molecular weight is 518 g/mol. The van der Waals surface area contributed by atoms with Crippen LogP contribution in [0.15, 0.2) is 72.5 Å². The van der Waals surface area contributed by atoms with E-state index in [9.17, 15) is 4.79 Å². The molecule has 0 bridgehead atoms. The van der Waals surface area contributed by atoms with Crippen molar-refractivity contribution in [1.82, 2.24) is 9.88 Å². The number of allylic oxidation sites excluding steroid dienone is 2. The van der Waals surface area contributed by atoms with E-state index in [-0.39, 0.29) is 17.9 Å². The number of ether oxygens (including phenoxy) is 3. The topological polar surface area (TPSA) is 72.9 Å². The first-order chi connectivity index (χ1) is 18.3. The van der Waals surface area contributed by atoms with Crippen molar-refractivity contribution in [1.29, 1.82) is 0 Å². The van der Waals surface area contributed by atoms with Crippen molar-refractivity contribution >= 4 is 22.5 Å². The highest BCUT2D eigenvalue weighted by atomic mass is 16.5. The maximum atomic E-state index is 13.3. The maximum Gasteiger partial charge on any atom is 0.241 e. The summed E-state index contributed by atoms with van der Waals surface area (Å²) in [5, 5.41) is 3.88. The van der Waals surface area contributed by atoms with Crippen LogP contribution in [0.25, 0.3) is 10.9 Å². The second kappa shape index (κ2) is 13.6. The minimum absolute atomic E-state index is 0.0336. The maximum absolute atomic E-state index is 13.3. The van der Waals surface area contributed by atoms with Crippen molar-refractivity contribution in [2.75, 3.05) is 33.1 Å². The number of pyridine rings is 1. The molecule has 202 valence electrons. The zero-order valence-electron chi connectivity index (χ0n) is 23.4. The zero-order valence-corrected chi connectivity index (χ0v) is 23.4. The minimum Gasteiger partial charge on any atom is -0.493 e. The molecule has 1 N–H and O–H groups in total. The smallest absolute Gasteiger partial charge is 0.241 e. The molecule has 0 spiro atoms. The molecule has 1 amide bonds. The molecule has 0 aliphatic rings. The zero-order chi connectivity index (χ0) is 27.7. The van der Waals surface area contributed by atoms with Crippen LogP contribution >= 0.6 is 0 Å². The number of amides is 1. The van der Waals surface area contributed by atoms with E-state index in [1.807, 2.05) is 62.5 Å². The molecule has 7 nitrogen and oxygen atoms in total. The number of rotatable bonds is 12. The fourth-order valence-electron chi connectivity index (χ4n) is 4.55. The molecule has 0 fully saturated rings. The van der Waals surface area contributed by atoms with Crippen LogP contribution in [-0.2, 0) is 4.79 Å². The first-order valence-corrected chi connectivity index (χ1v) is 12.9. The lowest BCUT2D eigenvalue weighted by atomic mass is 10.0. The lowest BCUT2D eigenvalue weighted by molar-refractivity contribution is -0.122. The number of benzene rings is 2. The van der Waals surface area contributed by atoms with E-state index >= 15 is 0 Å². The molecule has 1 heterocycles. The predicted octanol–water partition coefficient (Wildman–Crippen LogP) is 6.85. The Morgan fingerprint density at radius 3 is 2.34 bits per heavy atom. The summed E-state index contributed by atoms with van der Waals surface area (Å²) in [4.78, 5) is 19.8. The Morgan fingerprint density at radius 1 is 1.05 bits per heavy atom. The average Bonchev–Trinajstić information content (AvgIpc) is 2.89. The molecule has 0 aliphatic heterocycles. The van der Waals surface area contributed by atoms with Gasteiger partial charge in [0, 0.05) is 29.9 Å². The fourth-order valence-corrected chi connectivity index (χ4v) is 4.55. The van der Waals surface area contributed by atoms with Crippen molar-refractivity contribution in [2.24, 2.45) is 5.92 Å². The molecular formula is C31H39N3O4. The highest BCUT2D eigenvalue weighted by Crippen LogP contribution is 2.37. The molecule has 1 unspecified atom stereocenters. The number of nitrogens with zero attached hydrogens (tertiary/aromatic N) is 2. The van der Waals surface area contributed by atoms with Gasteiger partial charge in [-0.05, 0) is 68.3 Å². The number of carbonyl (C=O) groups is 1. The largest absolute Gasteiger partial charge is 0.493 e. The number of hydrogen-bond acceptors (Lipinski definition) is 6. The van der Waals surface area contributed by atoms with Gasteiger partial charge in [-0.3, -0.25) is 14.7 Å². The van der Waals surface area contributed by atoms with Crippen LogP contribution in [-0.4, -0.2) is 49.6 Å². The van der Waals surface area contributed by atoms with Gasteiger partial charge in [0.25, 0.3) is 0 Å². The van der Waals surface area contributed by atoms with Gasteiger partial charge in [0.1, 0.15) is 11.5 Å². The summed E-state index contributed by atoms with van der Waals surface area (Å²) >= 11 is 0. The Kier molecular flexibility index (Phi) is 10.3. The summed E-state index contributed by atoms with van der Waals surface area (Å²) < 4.78 is 17.0. The van der Waals surface area contributed by atoms with Crippen LogP contribution in [0.1, 0.15) is 34.1 Å². The summed E-state index contributed by atoms with van der Waals surface area (Å²) in [5.74, 6) is 2.60. The Bertz CT molecular complexity index is 1280. The Hall–Kier alpha value is -3.84. The molecule has 2 aromatic carbocycles. The van der Waals surface area contributed by atoms with Crippen molar-refractivity contribution in [3.05, 3.63) is 72.5 Å². The lowest BCUT2D eigenvalue weighted by Crippen LogP contribution is -2.46. The highest BCUT2D eigenvalue weighted by molar-refractivity contribution is 5.95. The van der Waals surface area contributed by atoms with Crippen LogP contribution in [0, 0.1) is 5.92 Å². The van der Waals surface area contributed by atoms with Crippen molar-refractivity contribution in [3.63, 3.8) is 0 Å². The molecular weight excluding hydrogens is 478 g/mol. The molecule has 3 aromatic rings. The molecule has 0 radical (unpaired) electrons. The Balaban J connectivity index is 1.74. The Labute approximate surface area is 226 Å². The molecule has 1 aromatic heterocycles. The number of anilines is 1. The summed E-state index contributed by atoms with van der Waals surface area (Å²) in [5.41, 5.74) is 2.65. The fraction of sp³-hybridized carbons (Fsp3) is 0.355. The van der Waals surface area contributed by atoms with E-state index in [2.05, 4.69) is 48.1 Å². The van der Waals surface area contributed by atoms with Gasteiger partial charge in [0.05, 0.1) is 25.8 Å². The number of nitrogens with one attached hydrogen (secondary N) is 1. The van der Waals surface area contributed by atoms with Crippen molar-refractivity contribution in [2.45, 2.75) is 40.2 Å². The number of methoxy groups -OCH3 is 2. The standard InChI is InChI=1S/C31H39N3O4/c1-8-10-22(11-9-2)20-34(5)30(21(3)4)31(35)33-23-12-14-24(15-13-23)38-27-16-17-32-26-19-29(37-7)28(36-6)18-25(26)27/h8,10-19,21,30H,9,20H2,1-7H3,(H,33,35)/b10-8-,22-11+. The van der Waals surface area contributed by atoms with Gasteiger partial charge in [-0.25, -0.2) is 0 Å². The van der Waals surface area contributed by atoms with Crippen LogP contribution in [0.5, 0.6) is 23.0 Å². The normalized spacial score (nSPS) is 12.8. The van der Waals surface area contributed by atoms with E-state index < -0.39 is 0 Å². The van der Waals surface area contributed by atoms with Crippen molar-refractivity contribution in [3.8, 4) is 23.0 Å². The molecule has 1 atom stereocenters. The first kappa shape index (κ1) is 28.7. The first-order valence-electron chi connectivity index (χ1n) is 12.9. The van der Waals surface area contributed by atoms with Crippen LogP contribution in [0.2, 0.25) is 0 Å². The molecule has 3 rings (SSSR count). The van der Waals surface area contributed by atoms with E-state index in [4.69, 9.17) is 14.2 Å². The van der Waals surface area contributed by atoms with Gasteiger partial charge in [-0.1, -0.05) is 39.0 Å². The monoisotopic (exact) mass is 517 g/mol.